The fraction of sp³-hybridized carbons (Fsp3) is 0.462. The molecule has 1 aromatic carbocycles. The van der Waals surface area contributed by atoms with Crippen molar-refractivity contribution in [1.29, 1.82) is 5.26 Å². The van der Waals surface area contributed by atoms with E-state index in [0.717, 1.165) is 31.4 Å². The van der Waals surface area contributed by atoms with Gasteiger partial charge in [0.25, 0.3) is 0 Å². The van der Waals surface area contributed by atoms with Gasteiger partial charge in [0.2, 0.25) is 0 Å². The molecule has 0 saturated heterocycles. The van der Waals surface area contributed by atoms with Gasteiger partial charge in [-0.1, -0.05) is 11.6 Å². The van der Waals surface area contributed by atoms with Gasteiger partial charge < -0.3 is 10.5 Å². The highest BCUT2D eigenvalue weighted by molar-refractivity contribution is 6.31. The minimum absolute atomic E-state index is 0.221. The smallest absolute Gasteiger partial charge is 0.121 e. The fourth-order valence-electron chi connectivity index (χ4n) is 2.06. The molecule has 2 rings (SSSR count). The molecule has 0 radical (unpaired) electrons. The van der Waals surface area contributed by atoms with Crippen molar-refractivity contribution in [1.82, 2.24) is 0 Å². The average Bonchev–Trinajstić information content (AvgIpc) is 2.32. The second kappa shape index (κ2) is 5.39. The van der Waals surface area contributed by atoms with Crippen LogP contribution >= 0.6 is 11.6 Å². The molecule has 0 amide bonds. The van der Waals surface area contributed by atoms with E-state index in [1.807, 2.05) is 6.07 Å². The first kappa shape index (κ1) is 12.2. The van der Waals surface area contributed by atoms with E-state index < -0.39 is 0 Å². The Hall–Kier alpha value is -1.24. The first-order chi connectivity index (χ1) is 8.19. The van der Waals surface area contributed by atoms with Crippen LogP contribution in [0.15, 0.2) is 18.2 Å². The van der Waals surface area contributed by atoms with Gasteiger partial charge in [-0.15, -0.1) is 0 Å². The minimum atomic E-state index is 0.221. The van der Waals surface area contributed by atoms with E-state index in [9.17, 15) is 0 Å². The largest absolute Gasteiger partial charge is 0.490 e. The van der Waals surface area contributed by atoms with Gasteiger partial charge in [-0.2, -0.15) is 5.26 Å². The maximum Gasteiger partial charge on any atom is 0.121 e. The zero-order valence-corrected chi connectivity index (χ0v) is 10.3. The molecule has 0 unspecified atom stereocenters. The lowest BCUT2D eigenvalue weighted by Crippen LogP contribution is -2.31. The van der Waals surface area contributed by atoms with Gasteiger partial charge in [0.1, 0.15) is 11.8 Å². The topological polar surface area (TPSA) is 59.0 Å². The first-order valence-corrected chi connectivity index (χ1v) is 6.18. The molecule has 1 aliphatic rings. The molecule has 0 aromatic heterocycles. The maximum absolute atomic E-state index is 8.77. The van der Waals surface area contributed by atoms with E-state index in [1.54, 1.807) is 18.2 Å². The van der Waals surface area contributed by atoms with Gasteiger partial charge in [-0.05, 0) is 37.8 Å². The molecule has 1 fully saturated rings. The van der Waals surface area contributed by atoms with E-state index >= 15 is 0 Å². The number of halogens is 1. The summed E-state index contributed by atoms with van der Waals surface area (Å²) in [6, 6.07) is 7.53. The number of hydrogen-bond donors (Lipinski definition) is 1. The monoisotopic (exact) mass is 250 g/mol. The van der Waals surface area contributed by atoms with Crippen LogP contribution in [0.2, 0.25) is 5.02 Å². The Morgan fingerprint density at radius 3 is 2.59 bits per heavy atom. The molecule has 4 heteroatoms. The van der Waals surface area contributed by atoms with Crippen LogP contribution in [0.5, 0.6) is 5.75 Å². The molecule has 17 heavy (non-hydrogen) atoms. The van der Waals surface area contributed by atoms with Crippen molar-refractivity contribution in [3.63, 3.8) is 0 Å². The van der Waals surface area contributed by atoms with Crippen LogP contribution in [-0.4, -0.2) is 12.1 Å². The summed E-state index contributed by atoms with van der Waals surface area (Å²) in [4.78, 5) is 0. The van der Waals surface area contributed by atoms with E-state index in [1.165, 1.54) is 0 Å². The Morgan fingerprint density at radius 2 is 2.00 bits per heavy atom. The fourth-order valence-corrected chi connectivity index (χ4v) is 2.27. The van der Waals surface area contributed by atoms with E-state index in [2.05, 4.69) is 0 Å². The molecule has 0 heterocycles. The van der Waals surface area contributed by atoms with Crippen molar-refractivity contribution >= 4 is 11.6 Å². The van der Waals surface area contributed by atoms with Crippen molar-refractivity contribution < 1.29 is 4.74 Å². The molecule has 0 atom stereocenters. The summed E-state index contributed by atoms with van der Waals surface area (Å²) >= 11 is 5.95. The highest BCUT2D eigenvalue weighted by Crippen LogP contribution is 2.26. The van der Waals surface area contributed by atoms with Crippen molar-refractivity contribution in [3.05, 3.63) is 28.8 Å². The number of rotatable bonds is 2. The van der Waals surface area contributed by atoms with E-state index in [0.29, 0.717) is 16.6 Å². The summed E-state index contributed by atoms with van der Waals surface area (Å²) in [7, 11) is 0. The third-order valence-corrected chi connectivity index (χ3v) is 3.40. The molecular formula is C13H15ClN2O. The Balaban J connectivity index is 2.00. The second-order valence-electron chi connectivity index (χ2n) is 4.41. The van der Waals surface area contributed by atoms with Crippen LogP contribution in [-0.2, 0) is 0 Å². The molecule has 90 valence electrons. The summed E-state index contributed by atoms with van der Waals surface area (Å²) in [5.41, 5.74) is 6.32. The Labute approximate surface area is 106 Å². The zero-order valence-electron chi connectivity index (χ0n) is 9.53. The quantitative estimate of drug-likeness (QED) is 0.878. The lowest BCUT2D eigenvalue weighted by atomic mass is 9.94. The van der Waals surface area contributed by atoms with Gasteiger partial charge in [-0.25, -0.2) is 0 Å². The molecule has 1 saturated carbocycles. The summed E-state index contributed by atoms with van der Waals surface area (Å²) in [5.74, 6) is 0.731. The average molecular weight is 251 g/mol. The van der Waals surface area contributed by atoms with Crippen molar-refractivity contribution in [2.45, 2.75) is 37.8 Å². The minimum Gasteiger partial charge on any atom is -0.490 e. The Bertz CT molecular complexity index is 434. The highest BCUT2D eigenvalue weighted by Gasteiger charge is 2.19. The molecule has 0 bridgehead atoms. The molecule has 2 N–H and O–H groups in total. The Morgan fingerprint density at radius 1 is 1.29 bits per heavy atom. The van der Waals surface area contributed by atoms with Crippen LogP contribution in [0.3, 0.4) is 0 Å². The number of nitrogens with zero attached hydrogens (tertiary/aromatic N) is 1. The zero-order chi connectivity index (χ0) is 12.3. The molecular weight excluding hydrogens is 236 g/mol. The van der Waals surface area contributed by atoms with Gasteiger partial charge >= 0.3 is 0 Å². The SMILES string of the molecule is N#Cc1ccc(O[C@H]2CC[C@H](N)CC2)cc1Cl. The summed E-state index contributed by atoms with van der Waals surface area (Å²) in [6.45, 7) is 0. The van der Waals surface area contributed by atoms with Gasteiger partial charge in [0.05, 0.1) is 16.7 Å². The number of hydrogen-bond acceptors (Lipinski definition) is 3. The van der Waals surface area contributed by atoms with Gasteiger partial charge in [-0.3, -0.25) is 0 Å². The highest BCUT2D eigenvalue weighted by atomic mass is 35.5. The molecule has 1 aliphatic carbocycles. The molecule has 1 aromatic rings. The van der Waals surface area contributed by atoms with E-state index in [-0.39, 0.29) is 6.10 Å². The lowest BCUT2D eigenvalue weighted by Gasteiger charge is -2.26. The third-order valence-electron chi connectivity index (χ3n) is 3.08. The summed E-state index contributed by atoms with van der Waals surface area (Å²) in [6.07, 6.45) is 4.21. The van der Waals surface area contributed by atoms with Crippen molar-refractivity contribution in [2.24, 2.45) is 5.73 Å². The summed E-state index contributed by atoms with van der Waals surface area (Å²) in [5, 5.41) is 9.21. The van der Waals surface area contributed by atoms with Gasteiger partial charge in [0, 0.05) is 12.1 Å². The lowest BCUT2D eigenvalue weighted by molar-refractivity contribution is 0.147. The maximum atomic E-state index is 8.77. The Kier molecular flexibility index (Phi) is 3.88. The van der Waals surface area contributed by atoms with E-state index in [4.69, 9.17) is 27.3 Å². The predicted molar refractivity (Wildman–Crippen MR) is 67.0 cm³/mol. The standard InChI is InChI=1S/C13H15ClN2O/c14-13-7-12(4-1-9(13)8-15)17-11-5-2-10(16)3-6-11/h1,4,7,10-11H,2-3,5-6,16H2/t10-,11-. The normalized spacial score (nSPS) is 24.1. The van der Waals surface area contributed by atoms with Crippen molar-refractivity contribution in [3.8, 4) is 11.8 Å². The summed E-state index contributed by atoms with van der Waals surface area (Å²) < 4.78 is 5.83. The number of nitrogens with two attached hydrogens (primary N) is 1. The first-order valence-electron chi connectivity index (χ1n) is 5.81. The number of benzene rings is 1. The molecule has 3 nitrogen and oxygen atoms in total. The molecule has 0 aliphatic heterocycles. The van der Waals surface area contributed by atoms with Gasteiger partial charge in [0.15, 0.2) is 0 Å². The third kappa shape index (κ3) is 3.12. The number of nitriles is 1. The van der Waals surface area contributed by atoms with Crippen LogP contribution in [0.4, 0.5) is 0 Å². The van der Waals surface area contributed by atoms with Crippen LogP contribution in [0.1, 0.15) is 31.2 Å². The van der Waals surface area contributed by atoms with Crippen LogP contribution in [0.25, 0.3) is 0 Å². The number of ether oxygens (including phenoxy) is 1. The van der Waals surface area contributed by atoms with Crippen molar-refractivity contribution in [2.75, 3.05) is 0 Å². The predicted octanol–water partition coefficient (Wildman–Crippen LogP) is 2.86. The van der Waals surface area contributed by atoms with Crippen LogP contribution < -0.4 is 10.5 Å². The second-order valence-corrected chi connectivity index (χ2v) is 4.82. The molecule has 0 spiro atoms. The van der Waals surface area contributed by atoms with Crippen LogP contribution in [0, 0.1) is 11.3 Å².